The number of carbonyl (C=O) groups is 1. The Bertz CT molecular complexity index is 411. The molecule has 1 N–H and O–H groups in total. The summed E-state index contributed by atoms with van der Waals surface area (Å²) < 4.78 is 0. The van der Waals surface area contributed by atoms with Crippen molar-refractivity contribution in [2.75, 3.05) is 0 Å². The average molecular weight is 250 g/mol. The quantitative estimate of drug-likeness (QED) is 0.820. The van der Waals surface area contributed by atoms with Gasteiger partial charge in [0.2, 0.25) is 5.91 Å². The molecule has 3 heteroatoms. The number of rotatable bonds is 3. The maximum Gasteiger partial charge on any atom is 0.224 e. The number of hydrogen-bond acceptors (Lipinski definition) is 1. The Kier molecular flexibility index (Phi) is 4.21. The van der Waals surface area contributed by atoms with Crippen molar-refractivity contribution in [1.82, 2.24) is 5.32 Å². The standard InChI is InChI=1S/C14H16ClNO/c15-12-8-6-11(7-9-12)10-14(17)16-13-4-2-1-3-5-13/h2,4,6-9,13H,1,3,5,10H2,(H,16,17). The minimum absolute atomic E-state index is 0.0730. The third-order valence-electron chi connectivity index (χ3n) is 2.88. The molecule has 0 saturated carbocycles. The van der Waals surface area contributed by atoms with E-state index in [9.17, 15) is 4.79 Å². The molecule has 1 aliphatic carbocycles. The Morgan fingerprint density at radius 3 is 2.76 bits per heavy atom. The molecule has 2 nitrogen and oxygen atoms in total. The molecule has 90 valence electrons. The first-order valence-corrected chi connectivity index (χ1v) is 6.32. The number of nitrogens with one attached hydrogen (secondary N) is 1. The molecule has 1 aromatic carbocycles. The molecule has 0 saturated heterocycles. The van der Waals surface area contributed by atoms with Crippen molar-refractivity contribution in [3.8, 4) is 0 Å². The van der Waals surface area contributed by atoms with Crippen LogP contribution in [0, 0.1) is 0 Å². The van der Waals surface area contributed by atoms with E-state index in [1.807, 2.05) is 24.3 Å². The van der Waals surface area contributed by atoms with E-state index in [0.29, 0.717) is 11.4 Å². The van der Waals surface area contributed by atoms with E-state index in [1.165, 1.54) is 0 Å². The van der Waals surface area contributed by atoms with Crippen LogP contribution in [-0.4, -0.2) is 11.9 Å². The normalized spacial score (nSPS) is 19.0. The Hall–Kier alpha value is -1.28. The molecule has 0 aromatic heterocycles. The van der Waals surface area contributed by atoms with Crippen molar-refractivity contribution in [3.05, 3.63) is 47.0 Å². The number of hydrogen-bond donors (Lipinski definition) is 1. The van der Waals surface area contributed by atoms with Crippen molar-refractivity contribution in [1.29, 1.82) is 0 Å². The maximum absolute atomic E-state index is 11.8. The summed E-state index contributed by atoms with van der Waals surface area (Å²) in [5, 5.41) is 3.72. The van der Waals surface area contributed by atoms with Crippen LogP contribution in [0.1, 0.15) is 24.8 Å². The molecule has 0 fully saturated rings. The smallest absolute Gasteiger partial charge is 0.224 e. The van der Waals surface area contributed by atoms with Crippen molar-refractivity contribution in [2.45, 2.75) is 31.7 Å². The average Bonchev–Trinajstić information content (AvgIpc) is 2.33. The van der Waals surface area contributed by atoms with E-state index in [-0.39, 0.29) is 11.9 Å². The molecule has 1 aliphatic rings. The van der Waals surface area contributed by atoms with Crippen molar-refractivity contribution in [2.24, 2.45) is 0 Å². The highest BCUT2D eigenvalue weighted by Crippen LogP contribution is 2.12. The summed E-state index contributed by atoms with van der Waals surface area (Å²) in [6.45, 7) is 0. The van der Waals surface area contributed by atoms with Crippen molar-refractivity contribution >= 4 is 17.5 Å². The maximum atomic E-state index is 11.8. The second-order valence-corrected chi connectivity index (χ2v) is 4.77. The molecular weight excluding hydrogens is 234 g/mol. The van der Waals surface area contributed by atoms with Crippen LogP contribution in [-0.2, 0) is 11.2 Å². The van der Waals surface area contributed by atoms with Gasteiger partial charge in [-0.05, 0) is 37.0 Å². The third-order valence-corrected chi connectivity index (χ3v) is 3.13. The number of halogens is 1. The molecule has 1 unspecified atom stereocenters. The van der Waals surface area contributed by atoms with Gasteiger partial charge < -0.3 is 5.32 Å². The molecule has 0 bridgehead atoms. The fourth-order valence-electron chi connectivity index (χ4n) is 1.98. The van der Waals surface area contributed by atoms with Crippen LogP contribution < -0.4 is 5.32 Å². The van der Waals surface area contributed by atoms with Crippen LogP contribution in [0.25, 0.3) is 0 Å². The van der Waals surface area contributed by atoms with E-state index in [0.717, 1.165) is 24.8 Å². The Morgan fingerprint density at radius 1 is 1.35 bits per heavy atom. The van der Waals surface area contributed by atoms with Crippen LogP contribution in [0.3, 0.4) is 0 Å². The molecule has 0 spiro atoms. The summed E-state index contributed by atoms with van der Waals surface area (Å²) in [4.78, 5) is 11.8. The largest absolute Gasteiger partial charge is 0.350 e. The van der Waals surface area contributed by atoms with Gasteiger partial charge in [-0.15, -0.1) is 0 Å². The SMILES string of the molecule is O=C(Cc1ccc(Cl)cc1)NC1C=CCCC1. The van der Waals surface area contributed by atoms with E-state index < -0.39 is 0 Å². The minimum Gasteiger partial charge on any atom is -0.350 e. The van der Waals surface area contributed by atoms with Gasteiger partial charge in [-0.1, -0.05) is 35.9 Å². The molecular formula is C14H16ClNO. The minimum atomic E-state index is 0.0730. The van der Waals surface area contributed by atoms with Crippen molar-refractivity contribution in [3.63, 3.8) is 0 Å². The second kappa shape index (κ2) is 5.87. The molecule has 1 aromatic rings. The molecule has 1 atom stereocenters. The summed E-state index contributed by atoms with van der Waals surface area (Å²) in [6.07, 6.45) is 7.97. The fourth-order valence-corrected chi connectivity index (χ4v) is 2.10. The number of benzene rings is 1. The van der Waals surface area contributed by atoms with E-state index in [1.54, 1.807) is 0 Å². The van der Waals surface area contributed by atoms with Gasteiger partial charge in [0.25, 0.3) is 0 Å². The second-order valence-electron chi connectivity index (χ2n) is 4.34. The first-order valence-electron chi connectivity index (χ1n) is 5.94. The lowest BCUT2D eigenvalue weighted by molar-refractivity contribution is -0.120. The summed E-state index contributed by atoms with van der Waals surface area (Å²) in [5.74, 6) is 0.0730. The third kappa shape index (κ3) is 3.90. The Balaban J connectivity index is 1.86. The van der Waals surface area contributed by atoms with Gasteiger partial charge in [0.05, 0.1) is 6.42 Å². The Labute approximate surface area is 107 Å². The van der Waals surface area contributed by atoms with Gasteiger partial charge in [-0.3, -0.25) is 4.79 Å². The number of allylic oxidation sites excluding steroid dienone is 1. The van der Waals surface area contributed by atoms with Gasteiger partial charge in [0.1, 0.15) is 0 Å². The fraction of sp³-hybridized carbons (Fsp3) is 0.357. The molecule has 0 radical (unpaired) electrons. The summed E-state index contributed by atoms with van der Waals surface area (Å²) in [7, 11) is 0. The zero-order chi connectivity index (χ0) is 12.1. The lowest BCUT2D eigenvalue weighted by Crippen LogP contribution is -2.35. The lowest BCUT2D eigenvalue weighted by atomic mass is 10.0. The molecule has 17 heavy (non-hydrogen) atoms. The molecule has 2 rings (SSSR count). The first kappa shape index (κ1) is 12.2. The van der Waals surface area contributed by atoms with Crippen LogP contribution in [0.15, 0.2) is 36.4 Å². The molecule has 0 aliphatic heterocycles. The summed E-state index contributed by atoms with van der Waals surface area (Å²) in [5.41, 5.74) is 0.992. The van der Waals surface area contributed by atoms with Gasteiger partial charge in [-0.2, -0.15) is 0 Å². The Morgan fingerprint density at radius 2 is 2.12 bits per heavy atom. The highest BCUT2D eigenvalue weighted by atomic mass is 35.5. The molecule has 0 heterocycles. The van der Waals surface area contributed by atoms with Crippen LogP contribution >= 0.6 is 11.6 Å². The van der Waals surface area contributed by atoms with Gasteiger partial charge in [0, 0.05) is 11.1 Å². The number of amides is 1. The monoisotopic (exact) mass is 249 g/mol. The van der Waals surface area contributed by atoms with Crippen LogP contribution in [0.4, 0.5) is 0 Å². The van der Waals surface area contributed by atoms with Crippen LogP contribution in [0.5, 0.6) is 0 Å². The summed E-state index contributed by atoms with van der Waals surface area (Å²) >= 11 is 5.79. The van der Waals surface area contributed by atoms with E-state index in [2.05, 4.69) is 17.5 Å². The number of carbonyl (C=O) groups excluding carboxylic acids is 1. The predicted octanol–water partition coefficient (Wildman–Crippen LogP) is 3.11. The zero-order valence-electron chi connectivity index (χ0n) is 9.66. The van der Waals surface area contributed by atoms with Crippen molar-refractivity contribution < 1.29 is 4.79 Å². The first-order chi connectivity index (χ1) is 8.24. The van der Waals surface area contributed by atoms with Gasteiger partial charge in [0.15, 0.2) is 0 Å². The summed E-state index contributed by atoms with van der Waals surface area (Å²) in [6, 6.07) is 7.61. The highest BCUT2D eigenvalue weighted by Gasteiger charge is 2.11. The van der Waals surface area contributed by atoms with Gasteiger partial charge in [-0.25, -0.2) is 0 Å². The predicted molar refractivity (Wildman–Crippen MR) is 70.1 cm³/mol. The van der Waals surface area contributed by atoms with Gasteiger partial charge >= 0.3 is 0 Å². The molecule has 1 amide bonds. The lowest BCUT2D eigenvalue weighted by Gasteiger charge is -2.17. The highest BCUT2D eigenvalue weighted by molar-refractivity contribution is 6.30. The van der Waals surface area contributed by atoms with E-state index in [4.69, 9.17) is 11.6 Å². The zero-order valence-corrected chi connectivity index (χ0v) is 10.4. The van der Waals surface area contributed by atoms with E-state index >= 15 is 0 Å². The van der Waals surface area contributed by atoms with Crippen LogP contribution in [0.2, 0.25) is 5.02 Å². The topological polar surface area (TPSA) is 29.1 Å².